The number of hydrogen-bond acceptors (Lipinski definition) is 6. The molecule has 0 radical (unpaired) electrons. The van der Waals surface area contributed by atoms with E-state index >= 15 is 0 Å². The summed E-state index contributed by atoms with van der Waals surface area (Å²) in [6.07, 6.45) is 1.13. The average Bonchev–Trinajstić information content (AvgIpc) is 2.61. The van der Waals surface area contributed by atoms with Crippen LogP contribution in [0.25, 0.3) is 5.57 Å². The van der Waals surface area contributed by atoms with Crippen molar-refractivity contribution in [3.63, 3.8) is 0 Å². The smallest absolute Gasteiger partial charge is 0.194 e. The van der Waals surface area contributed by atoms with Gasteiger partial charge in [-0.3, -0.25) is 19.2 Å². The molecule has 28 heavy (non-hydrogen) atoms. The third-order valence-corrected chi connectivity index (χ3v) is 5.20. The lowest BCUT2D eigenvalue weighted by Gasteiger charge is -2.22. The fraction of sp³-hybridized carbons (Fsp3) is 0.182. The Morgan fingerprint density at radius 1 is 0.786 bits per heavy atom. The highest BCUT2D eigenvalue weighted by atomic mass is 16.3. The third kappa shape index (κ3) is 2.41. The molecule has 0 bridgehead atoms. The summed E-state index contributed by atoms with van der Waals surface area (Å²) < 4.78 is 0. The second-order valence-corrected chi connectivity index (χ2v) is 7.14. The average molecular weight is 376 g/mol. The van der Waals surface area contributed by atoms with Crippen LogP contribution in [0.15, 0.2) is 24.3 Å². The minimum Gasteiger partial charge on any atom is -0.507 e. The van der Waals surface area contributed by atoms with Crippen LogP contribution in [0.5, 0.6) is 11.5 Å². The molecule has 0 unspecified atom stereocenters. The molecule has 0 atom stereocenters. The van der Waals surface area contributed by atoms with Crippen molar-refractivity contribution >= 4 is 28.7 Å². The van der Waals surface area contributed by atoms with Gasteiger partial charge >= 0.3 is 0 Å². The maximum absolute atomic E-state index is 13.1. The van der Waals surface area contributed by atoms with Crippen LogP contribution >= 0.6 is 0 Å². The van der Waals surface area contributed by atoms with Crippen LogP contribution in [0.1, 0.15) is 71.0 Å². The summed E-state index contributed by atoms with van der Waals surface area (Å²) in [5.74, 6) is -2.47. The van der Waals surface area contributed by atoms with Gasteiger partial charge in [0.15, 0.2) is 23.1 Å². The Balaban J connectivity index is 1.97. The summed E-state index contributed by atoms with van der Waals surface area (Å²) >= 11 is 0. The van der Waals surface area contributed by atoms with Gasteiger partial charge in [0.1, 0.15) is 11.5 Å². The minimum absolute atomic E-state index is 0.0102. The highest BCUT2D eigenvalue weighted by molar-refractivity contribution is 6.40. The van der Waals surface area contributed by atoms with Crippen LogP contribution in [-0.2, 0) is 0 Å². The number of benzene rings is 2. The number of hydrogen-bond donors (Lipinski definition) is 2. The molecule has 6 nitrogen and oxygen atoms in total. The number of phenols is 2. The largest absolute Gasteiger partial charge is 0.507 e. The van der Waals surface area contributed by atoms with Crippen LogP contribution in [0, 0.1) is 13.8 Å². The number of carbonyl (C=O) groups is 4. The van der Waals surface area contributed by atoms with Gasteiger partial charge in [-0.05, 0) is 49.2 Å². The normalized spacial score (nSPS) is 16.0. The Hall–Kier alpha value is -3.54. The molecule has 0 saturated carbocycles. The third-order valence-electron chi connectivity index (χ3n) is 5.20. The number of fused-ring (bicyclic) bond motifs is 2. The Morgan fingerprint density at radius 2 is 1.46 bits per heavy atom. The van der Waals surface area contributed by atoms with E-state index in [4.69, 9.17) is 0 Å². The van der Waals surface area contributed by atoms with Crippen molar-refractivity contribution in [3.8, 4) is 11.5 Å². The van der Waals surface area contributed by atoms with Gasteiger partial charge in [-0.2, -0.15) is 0 Å². The first-order chi connectivity index (χ1) is 13.2. The first-order valence-corrected chi connectivity index (χ1v) is 8.78. The monoisotopic (exact) mass is 376 g/mol. The van der Waals surface area contributed by atoms with Gasteiger partial charge in [0.25, 0.3) is 0 Å². The van der Waals surface area contributed by atoms with Crippen molar-refractivity contribution in [2.45, 2.75) is 26.7 Å². The Kier molecular flexibility index (Phi) is 3.82. The highest BCUT2D eigenvalue weighted by Gasteiger charge is 2.35. The second kappa shape index (κ2) is 5.99. The van der Waals surface area contributed by atoms with Gasteiger partial charge in [-0.1, -0.05) is 0 Å². The number of phenolic OH excluding ortho intramolecular Hbond substituents is 2. The molecule has 0 saturated heterocycles. The molecule has 140 valence electrons. The van der Waals surface area contributed by atoms with E-state index in [9.17, 15) is 29.4 Å². The van der Waals surface area contributed by atoms with E-state index in [2.05, 4.69) is 0 Å². The SMILES string of the molecule is Cc1cc(O)c2c(c1)C(=O)C(c1c(C)cc3c(c1O)C(=O)CCC3=O)=CC2=O. The lowest BCUT2D eigenvalue weighted by atomic mass is 9.79. The Morgan fingerprint density at radius 3 is 2.18 bits per heavy atom. The standard InChI is InChI=1S/C22H16O6/c1-9-5-12-19(16(25)6-9)17(26)8-13(21(12)27)18-10(2)7-11-14(23)3-4-15(24)20(11)22(18)28/h5-8,25,28H,3-4H2,1-2H3. The zero-order chi connectivity index (χ0) is 20.3. The number of carbonyl (C=O) groups excluding carboxylic acids is 4. The maximum Gasteiger partial charge on any atom is 0.194 e. The first kappa shape index (κ1) is 17.9. The summed E-state index contributed by atoms with van der Waals surface area (Å²) in [4.78, 5) is 50.1. The van der Waals surface area contributed by atoms with E-state index in [0.717, 1.165) is 6.08 Å². The number of allylic oxidation sites excluding steroid dienone is 2. The quantitative estimate of drug-likeness (QED) is 0.790. The fourth-order valence-corrected chi connectivity index (χ4v) is 3.93. The Bertz CT molecular complexity index is 1170. The molecule has 6 heteroatoms. The maximum atomic E-state index is 13.1. The van der Waals surface area contributed by atoms with E-state index in [-0.39, 0.29) is 63.5 Å². The van der Waals surface area contributed by atoms with E-state index in [1.165, 1.54) is 18.2 Å². The molecule has 0 fully saturated rings. The van der Waals surface area contributed by atoms with Gasteiger partial charge in [-0.25, -0.2) is 0 Å². The van der Waals surface area contributed by atoms with Crippen molar-refractivity contribution in [1.29, 1.82) is 0 Å². The summed E-state index contributed by atoms with van der Waals surface area (Å²) in [6, 6.07) is 4.38. The summed E-state index contributed by atoms with van der Waals surface area (Å²) in [5.41, 5.74) is 1.00. The van der Waals surface area contributed by atoms with Gasteiger partial charge < -0.3 is 10.2 Å². The van der Waals surface area contributed by atoms with E-state index in [1.54, 1.807) is 13.8 Å². The molecule has 0 amide bonds. The van der Waals surface area contributed by atoms with Gasteiger partial charge in [0.2, 0.25) is 0 Å². The topological polar surface area (TPSA) is 109 Å². The molecule has 0 aliphatic heterocycles. The molecular weight excluding hydrogens is 360 g/mol. The van der Waals surface area contributed by atoms with Crippen LogP contribution in [0.2, 0.25) is 0 Å². The molecule has 2 aromatic rings. The first-order valence-electron chi connectivity index (χ1n) is 8.78. The zero-order valence-corrected chi connectivity index (χ0v) is 15.3. The molecular formula is C22H16O6. The molecule has 0 aromatic heterocycles. The molecule has 0 spiro atoms. The summed E-state index contributed by atoms with van der Waals surface area (Å²) in [5, 5.41) is 20.9. The molecule has 2 aromatic carbocycles. The van der Waals surface area contributed by atoms with Gasteiger partial charge in [0.05, 0.1) is 11.1 Å². The number of Topliss-reactive ketones (excluding diaryl/α,β-unsaturated/α-hetero) is 3. The number of aromatic hydroxyl groups is 2. The molecule has 2 aliphatic carbocycles. The van der Waals surface area contributed by atoms with E-state index in [1.807, 2.05) is 0 Å². The Labute approximate surface area is 160 Å². The van der Waals surface area contributed by atoms with Crippen molar-refractivity contribution < 1.29 is 29.4 Å². The van der Waals surface area contributed by atoms with E-state index in [0.29, 0.717) is 11.1 Å². The highest BCUT2D eigenvalue weighted by Crippen LogP contribution is 2.41. The van der Waals surface area contributed by atoms with Crippen LogP contribution in [-0.4, -0.2) is 33.3 Å². The van der Waals surface area contributed by atoms with Crippen molar-refractivity contribution in [3.05, 3.63) is 63.2 Å². The van der Waals surface area contributed by atoms with Crippen molar-refractivity contribution in [1.82, 2.24) is 0 Å². The van der Waals surface area contributed by atoms with Crippen LogP contribution in [0.4, 0.5) is 0 Å². The molecule has 4 rings (SSSR count). The van der Waals surface area contributed by atoms with Gasteiger partial charge in [0, 0.05) is 35.1 Å². The second-order valence-electron chi connectivity index (χ2n) is 7.14. The number of ketones is 4. The zero-order valence-electron chi connectivity index (χ0n) is 15.3. The molecule has 2 N–H and O–H groups in total. The summed E-state index contributed by atoms with van der Waals surface area (Å²) in [7, 11) is 0. The fourth-order valence-electron chi connectivity index (χ4n) is 3.93. The van der Waals surface area contributed by atoms with Crippen molar-refractivity contribution in [2.75, 3.05) is 0 Å². The molecule has 0 heterocycles. The number of rotatable bonds is 1. The predicted octanol–water partition coefficient (Wildman–Crippen LogP) is 3.34. The minimum atomic E-state index is -0.568. The van der Waals surface area contributed by atoms with Crippen LogP contribution in [0.3, 0.4) is 0 Å². The molecule has 2 aliphatic rings. The van der Waals surface area contributed by atoms with Gasteiger partial charge in [-0.15, -0.1) is 0 Å². The summed E-state index contributed by atoms with van der Waals surface area (Å²) in [6.45, 7) is 3.28. The van der Waals surface area contributed by atoms with Crippen LogP contribution < -0.4 is 0 Å². The predicted molar refractivity (Wildman–Crippen MR) is 100 cm³/mol. The van der Waals surface area contributed by atoms with Crippen molar-refractivity contribution in [2.24, 2.45) is 0 Å². The lowest BCUT2D eigenvalue weighted by Crippen LogP contribution is -2.21. The number of aryl methyl sites for hydroxylation is 2. The van der Waals surface area contributed by atoms with E-state index < -0.39 is 17.3 Å². The lowest BCUT2D eigenvalue weighted by molar-refractivity contribution is 0.0887.